The number of carbonyl (C=O) groups is 1. The molecule has 0 atom stereocenters. The van der Waals surface area contributed by atoms with Crippen LogP contribution in [-0.2, 0) is 11.3 Å². The quantitative estimate of drug-likeness (QED) is 0.826. The van der Waals surface area contributed by atoms with Crippen LogP contribution in [0.25, 0.3) is 11.3 Å². The maximum Gasteiger partial charge on any atom is 0.350 e. The zero-order chi connectivity index (χ0) is 14.5. The minimum atomic E-state index is -0.429. The number of nitrogens with zero attached hydrogens (tertiary/aromatic N) is 1. The van der Waals surface area contributed by atoms with Crippen LogP contribution in [0, 0.1) is 5.41 Å². The second kappa shape index (κ2) is 6.49. The van der Waals surface area contributed by atoms with Gasteiger partial charge in [0.1, 0.15) is 4.88 Å². The van der Waals surface area contributed by atoms with E-state index in [0.717, 1.165) is 16.9 Å². The van der Waals surface area contributed by atoms with Gasteiger partial charge in [-0.1, -0.05) is 41.7 Å². The van der Waals surface area contributed by atoms with Crippen LogP contribution in [0.1, 0.15) is 16.6 Å². The van der Waals surface area contributed by atoms with Crippen molar-refractivity contribution in [1.82, 2.24) is 4.57 Å². The van der Waals surface area contributed by atoms with Crippen molar-refractivity contribution in [3.63, 3.8) is 0 Å². The molecule has 0 radical (unpaired) electrons. The lowest BCUT2D eigenvalue weighted by Gasteiger charge is -2.09. The van der Waals surface area contributed by atoms with Crippen LogP contribution in [-0.4, -0.2) is 28.9 Å². The predicted molar refractivity (Wildman–Crippen MR) is 76.6 cm³/mol. The average Bonchev–Trinajstić information content (AvgIpc) is 2.78. The Morgan fingerprint density at radius 3 is 2.70 bits per heavy atom. The van der Waals surface area contributed by atoms with Gasteiger partial charge in [-0.05, 0) is 12.5 Å². The number of hydrogen-bond donors (Lipinski definition) is 2. The van der Waals surface area contributed by atoms with Gasteiger partial charge in [-0.2, -0.15) is 0 Å². The molecule has 106 valence electrons. The second-order valence-electron chi connectivity index (χ2n) is 4.05. The van der Waals surface area contributed by atoms with Crippen molar-refractivity contribution in [2.75, 3.05) is 13.2 Å². The summed E-state index contributed by atoms with van der Waals surface area (Å²) in [5, 5.41) is 17.1. The molecule has 6 heteroatoms. The third kappa shape index (κ3) is 2.81. The number of hydrogen-bond acceptors (Lipinski definition) is 5. The zero-order valence-corrected chi connectivity index (χ0v) is 11.9. The van der Waals surface area contributed by atoms with E-state index in [0.29, 0.717) is 10.6 Å². The molecule has 2 aromatic rings. The van der Waals surface area contributed by atoms with Crippen LogP contribution >= 0.6 is 11.3 Å². The first-order chi connectivity index (χ1) is 9.69. The number of carbonyl (C=O) groups excluding carboxylic acids is 1. The van der Waals surface area contributed by atoms with Crippen molar-refractivity contribution in [3.05, 3.63) is 40.0 Å². The number of ether oxygens (including phenoxy) is 1. The fourth-order valence-electron chi connectivity index (χ4n) is 1.96. The van der Waals surface area contributed by atoms with Crippen molar-refractivity contribution in [2.45, 2.75) is 13.5 Å². The van der Waals surface area contributed by atoms with Gasteiger partial charge in [-0.25, -0.2) is 4.79 Å². The standard InChI is InChI=1S/C14H16N2O3S/c1-2-19-13(18)12-11(10-6-4-3-5-7-10)16(8-9-17)14(15)20-12/h3-7,15,17H,2,8-9H2,1H3. The topological polar surface area (TPSA) is 75.3 Å². The normalized spacial score (nSPS) is 10.5. The highest BCUT2D eigenvalue weighted by molar-refractivity contribution is 7.11. The fourth-order valence-corrected chi connectivity index (χ4v) is 2.91. The van der Waals surface area contributed by atoms with Crippen molar-refractivity contribution in [3.8, 4) is 11.3 Å². The summed E-state index contributed by atoms with van der Waals surface area (Å²) in [4.78, 5) is 12.7. The van der Waals surface area contributed by atoms with Gasteiger partial charge in [-0.15, -0.1) is 0 Å². The molecule has 0 saturated carbocycles. The van der Waals surface area contributed by atoms with Crippen molar-refractivity contribution < 1.29 is 14.6 Å². The number of nitrogens with one attached hydrogen (secondary N) is 1. The van der Waals surface area contributed by atoms with Gasteiger partial charge < -0.3 is 14.4 Å². The smallest absolute Gasteiger partial charge is 0.350 e. The lowest BCUT2D eigenvalue weighted by atomic mass is 10.1. The summed E-state index contributed by atoms with van der Waals surface area (Å²) < 4.78 is 6.68. The molecule has 5 nitrogen and oxygen atoms in total. The Balaban J connectivity index is 2.61. The number of benzene rings is 1. The number of thiazole rings is 1. The zero-order valence-electron chi connectivity index (χ0n) is 11.1. The van der Waals surface area contributed by atoms with E-state index in [4.69, 9.17) is 15.3 Å². The van der Waals surface area contributed by atoms with Crippen molar-refractivity contribution in [1.29, 1.82) is 5.41 Å². The third-order valence-corrected chi connectivity index (χ3v) is 3.74. The van der Waals surface area contributed by atoms with E-state index in [1.54, 1.807) is 11.5 Å². The first kappa shape index (κ1) is 14.5. The minimum Gasteiger partial charge on any atom is -0.462 e. The van der Waals surface area contributed by atoms with E-state index < -0.39 is 5.97 Å². The molecule has 0 saturated heterocycles. The van der Waals surface area contributed by atoms with E-state index in [1.165, 1.54) is 0 Å². The van der Waals surface area contributed by atoms with Crippen LogP contribution in [0.3, 0.4) is 0 Å². The van der Waals surface area contributed by atoms with E-state index >= 15 is 0 Å². The van der Waals surface area contributed by atoms with Crippen molar-refractivity contribution >= 4 is 17.3 Å². The largest absolute Gasteiger partial charge is 0.462 e. The van der Waals surface area contributed by atoms with Crippen LogP contribution in [0.2, 0.25) is 0 Å². The Bertz CT molecular complexity index is 646. The molecule has 0 aliphatic rings. The van der Waals surface area contributed by atoms with E-state index in [2.05, 4.69) is 0 Å². The Morgan fingerprint density at radius 2 is 2.10 bits per heavy atom. The van der Waals surface area contributed by atoms with Crippen LogP contribution in [0.4, 0.5) is 0 Å². The maximum atomic E-state index is 12.0. The summed E-state index contributed by atoms with van der Waals surface area (Å²) in [6.07, 6.45) is 0. The van der Waals surface area contributed by atoms with Gasteiger partial charge in [-0.3, -0.25) is 5.41 Å². The number of aliphatic hydroxyl groups is 1. The predicted octanol–water partition coefficient (Wildman–Crippen LogP) is 1.87. The molecule has 2 N–H and O–H groups in total. The molecular formula is C14H16N2O3S. The number of rotatable bonds is 5. The summed E-state index contributed by atoms with van der Waals surface area (Å²) in [5.74, 6) is -0.429. The first-order valence-corrected chi connectivity index (χ1v) is 7.12. The molecule has 0 amide bonds. The first-order valence-electron chi connectivity index (χ1n) is 6.30. The van der Waals surface area contributed by atoms with Crippen molar-refractivity contribution in [2.24, 2.45) is 0 Å². The Morgan fingerprint density at radius 1 is 1.40 bits per heavy atom. The van der Waals surface area contributed by atoms with E-state index in [9.17, 15) is 4.79 Å². The fraction of sp³-hybridized carbons (Fsp3) is 0.286. The van der Waals surface area contributed by atoms with Crippen LogP contribution in [0.15, 0.2) is 30.3 Å². The highest BCUT2D eigenvalue weighted by atomic mass is 32.1. The van der Waals surface area contributed by atoms with Gasteiger partial charge in [0.05, 0.1) is 18.9 Å². The molecule has 0 spiro atoms. The average molecular weight is 292 g/mol. The Hall–Kier alpha value is -1.92. The van der Waals surface area contributed by atoms with Crippen LogP contribution < -0.4 is 4.80 Å². The second-order valence-corrected chi connectivity index (χ2v) is 5.05. The third-order valence-electron chi connectivity index (χ3n) is 2.76. The molecule has 1 aromatic carbocycles. The summed E-state index contributed by atoms with van der Waals surface area (Å²) >= 11 is 1.07. The monoisotopic (exact) mass is 292 g/mol. The van der Waals surface area contributed by atoms with Gasteiger partial charge in [0.25, 0.3) is 0 Å². The Kier molecular flexibility index (Phi) is 4.70. The Labute approximate surface area is 120 Å². The summed E-state index contributed by atoms with van der Waals surface area (Å²) in [7, 11) is 0. The lowest BCUT2D eigenvalue weighted by Crippen LogP contribution is -2.17. The molecule has 0 aliphatic carbocycles. The number of aromatic nitrogens is 1. The van der Waals surface area contributed by atoms with Gasteiger partial charge in [0.15, 0.2) is 4.80 Å². The molecule has 1 heterocycles. The summed E-state index contributed by atoms with van der Waals surface area (Å²) in [6, 6.07) is 9.37. The number of aliphatic hydroxyl groups excluding tert-OH is 1. The highest BCUT2D eigenvalue weighted by Crippen LogP contribution is 2.26. The van der Waals surface area contributed by atoms with E-state index in [1.807, 2.05) is 30.3 Å². The lowest BCUT2D eigenvalue weighted by molar-refractivity contribution is 0.0532. The molecule has 0 aliphatic heterocycles. The molecule has 0 fully saturated rings. The molecule has 1 aromatic heterocycles. The highest BCUT2D eigenvalue weighted by Gasteiger charge is 2.21. The molecule has 0 unspecified atom stereocenters. The summed E-state index contributed by atoms with van der Waals surface area (Å²) in [5.41, 5.74) is 1.46. The number of esters is 1. The van der Waals surface area contributed by atoms with Gasteiger partial charge in [0.2, 0.25) is 0 Å². The minimum absolute atomic E-state index is 0.0879. The van der Waals surface area contributed by atoms with Gasteiger partial charge in [0, 0.05) is 6.54 Å². The van der Waals surface area contributed by atoms with Gasteiger partial charge >= 0.3 is 5.97 Å². The molecular weight excluding hydrogens is 276 g/mol. The summed E-state index contributed by atoms with van der Waals surface area (Å²) in [6.45, 7) is 2.23. The maximum absolute atomic E-state index is 12.0. The van der Waals surface area contributed by atoms with Crippen LogP contribution in [0.5, 0.6) is 0 Å². The molecule has 2 rings (SSSR count). The van der Waals surface area contributed by atoms with E-state index in [-0.39, 0.29) is 24.6 Å². The molecule has 20 heavy (non-hydrogen) atoms. The SMILES string of the molecule is CCOC(=O)c1sc(=N)n(CCO)c1-c1ccccc1. The molecule has 0 bridgehead atoms.